The summed E-state index contributed by atoms with van der Waals surface area (Å²) >= 11 is 1.57. The molecule has 1 amide bonds. The van der Waals surface area contributed by atoms with Gasteiger partial charge in [-0.2, -0.15) is 0 Å². The molecule has 0 aliphatic rings. The van der Waals surface area contributed by atoms with Gasteiger partial charge in [0.1, 0.15) is 10.8 Å². The molecule has 1 N–H and O–H groups in total. The van der Waals surface area contributed by atoms with Crippen LogP contribution in [0.3, 0.4) is 0 Å². The van der Waals surface area contributed by atoms with E-state index in [4.69, 9.17) is 0 Å². The largest absolute Gasteiger partial charge is 0.350 e. The summed E-state index contributed by atoms with van der Waals surface area (Å²) in [4.78, 5) is 20.9. The zero-order chi connectivity index (χ0) is 16.8. The van der Waals surface area contributed by atoms with Crippen molar-refractivity contribution in [2.24, 2.45) is 0 Å². The minimum Gasteiger partial charge on any atom is -0.350 e. The number of hydrogen-bond acceptors (Lipinski definition) is 4. The van der Waals surface area contributed by atoms with Gasteiger partial charge in [-0.15, -0.1) is 11.3 Å². The molecule has 0 fully saturated rings. The molecule has 3 aromatic rings. The van der Waals surface area contributed by atoms with Crippen LogP contribution in [0.1, 0.15) is 24.2 Å². The Morgan fingerprint density at radius 3 is 2.92 bits per heavy atom. The first-order chi connectivity index (χ1) is 11.8. The SMILES string of the molecule is CCc1nccn1CCC(=O)NCc1nc(-c2ccccc2)cs1. The number of rotatable bonds is 7. The lowest BCUT2D eigenvalue weighted by Crippen LogP contribution is -2.24. The maximum atomic E-state index is 12.0. The van der Waals surface area contributed by atoms with Crippen LogP contribution in [0, 0.1) is 0 Å². The van der Waals surface area contributed by atoms with Gasteiger partial charge in [0.05, 0.1) is 12.2 Å². The first-order valence-corrected chi connectivity index (χ1v) is 8.90. The van der Waals surface area contributed by atoms with Gasteiger partial charge < -0.3 is 9.88 Å². The van der Waals surface area contributed by atoms with E-state index in [0.29, 0.717) is 19.5 Å². The number of amides is 1. The van der Waals surface area contributed by atoms with E-state index < -0.39 is 0 Å². The fourth-order valence-corrected chi connectivity index (χ4v) is 3.22. The molecule has 1 aromatic carbocycles. The lowest BCUT2D eigenvalue weighted by atomic mass is 10.2. The lowest BCUT2D eigenvalue weighted by Gasteiger charge is -2.06. The van der Waals surface area contributed by atoms with E-state index in [9.17, 15) is 4.79 Å². The van der Waals surface area contributed by atoms with Crippen molar-refractivity contribution in [3.8, 4) is 11.3 Å². The number of aromatic nitrogens is 3. The molecule has 2 heterocycles. The van der Waals surface area contributed by atoms with Crippen LogP contribution in [-0.4, -0.2) is 20.4 Å². The van der Waals surface area contributed by atoms with E-state index in [1.165, 1.54) is 0 Å². The minimum atomic E-state index is 0.0298. The van der Waals surface area contributed by atoms with Crippen LogP contribution in [0.15, 0.2) is 48.1 Å². The predicted octanol–water partition coefficient (Wildman–Crippen LogP) is 3.28. The van der Waals surface area contributed by atoms with Crippen LogP contribution in [-0.2, 0) is 24.3 Å². The number of imidazole rings is 1. The van der Waals surface area contributed by atoms with Gasteiger partial charge in [0, 0.05) is 42.7 Å². The minimum absolute atomic E-state index is 0.0298. The Kier molecular flexibility index (Phi) is 5.38. The smallest absolute Gasteiger partial charge is 0.222 e. The third-order valence-corrected chi connectivity index (χ3v) is 4.60. The van der Waals surface area contributed by atoms with Crippen molar-refractivity contribution in [3.05, 3.63) is 58.9 Å². The number of thiazole rings is 1. The zero-order valence-electron chi connectivity index (χ0n) is 13.6. The van der Waals surface area contributed by atoms with Gasteiger partial charge in [-0.1, -0.05) is 37.3 Å². The topological polar surface area (TPSA) is 59.8 Å². The standard InChI is InChI=1S/C18H20N4OS/c1-2-16-19-9-11-22(16)10-8-17(23)20-12-18-21-15(13-24-18)14-6-4-3-5-7-14/h3-7,9,11,13H,2,8,10,12H2,1H3,(H,20,23). The number of nitrogens with one attached hydrogen (secondary N) is 1. The third kappa shape index (κ3) is 4.08. The molecule has 24 heavy (non-hydrogen) atoms. The van der Waals surface area contributed by atoms with Gasteiger partial charge in [-0.3, -0.25) is 4.79 Å². The van der Waals surface area contributed by atoms with Gasteiger partial charge in [0.25, 0.3) is 0 Å². The van der Waals surface area contributed by atoms with Crippen LogP contribution in [0.2, 0.25) is 0 Å². The maximum absolute atomic E-state index is 12.0. The number of hydrogen-bond donors (Lipinski definition) is 1. The second-order valence-corrected chi connectivity index (χ2v) is 6.35. The molecule has 0 saturated carbocycles. The molecule has 0 atom stereocenters. The van der Waals surface area contributed by atoms with E-state index in [1.807, 2.05) is 46.5 Å². The normalized spacial score (nSPS) is 10.7. The average Bonchev–Trinajstić information content (AvgIpc) is 3.28. The highest BCUT2D eigenvalue weighted by molar-refractivity contribution is 7.09. The van der Waals surface area contributed by atoms with Crippen LogP contribution in [0.4, 0.5) is 0 Å². The highest BCUT2D eigenvalue weighted by Crippen LogP contribution is 2.21. The van der Waals surface area contributed by atoms with E-state index in [0.717, 1.165) is 28.5 Å². The Labute approximate surface area is 145 Å². The zero-order valence-corrected chi connectivity index (χ0v) is 14.4. The monoisotopic (exact) mass is 340 g/mol. The molecular weight excluding hydrogens is 320 g/mol. The molecule has 0 aliphatic carbocycles. The van der Waals surface area contributed by atoms with E-state index in [-0.39, 0.29) is 5.91 Å². The number of aryl methyl sites for hydroxylation is 2. The van der Waals surface area contributed by atoms with Crippen LogP contribution in [0.5, 0.6) is 0 Å². The number of benzene rings is 1. The summed E-state index contributed by atoms with van der Waals surface area (Å²) in [6, 6.07) is 10.1. The van der Waals surface area contributed by atoms with Crippen molar-refractivity contribution >= 4 is 17.2 Å². The second kappa shape index (κ2) is 7.88. The lowest BCUT2D eigenvalue weighted by molar-refractivity contribution is -0.121. The first kappa shape index (κ1) is 16.4. The average molecular weight is 340 g/mol. The molecule has 6 heteroatoms. The Balaban J connectivity index is 1.49. The van der Waals surface area contributed by atoms with Gasteiger partial charge in [-0.25, -0.2) is 9.97 Å². The van der Waals surface area contributed by atoms with E-state index >= 15 is 0 Å². The van der Waals surface area contributed by atoms with Crippen molar-refractivity contribution in [1.29, 1.82) is 0 Å². The van der Waals surface area contributed by atoms with Gasteiger partial charge in [0.15, 0.2) is 0 Å². The molecule has 124 valence electrons. The summed E-state index contributed by atoms with van der Waals surface area (Å²) in [7, 11) is 0. The van der Waals surface area contributed by atoms with Crippen molar-refractivity contribution in [1.82, 2.24) is 19.9 Å². The Morgan fingerprint density at radius 2 is 2.12 bits per heavy atom. The predicted molar refractivity (Wildman–Crippen MR) is 95.6 cm³/mol. The van der Waals surface area contributed by atoms with Crippen LogP contribution in [0.25, 0.3) is 11.3 Å². The maximum Gasteiger partial charge on any atom is 0.222 e. The second-order valence-electron chi connectivity index (χ2n) is 5.41. The summed E-state index contributed by atoms with van der Waals surface area (Å²) in [6.07, 6.45) is 5.01. The van der Waals surface area contributed by atoms with Gasteiger partial charge in [0.2, 0.25) is 5.91 Å². The Hall–Kier alpha value is -2.47. The number of carbonyl (C=O) groups is 1. The number of nitrogens with zero attached hydrogens (tertiary/aromatic N) is 3. The van der Waals surface area contributed by atoms with Gasteiger partial charge >= 0.3 is 0 Å². The third-order valence-electron chi connectivity index (χ3n) is 3.76. The van der Waals surface area contributed by atoms with Gasteiger partial charge in [-0.05, 0) is 0 Å². The summed E-state index contributed by atoms with van der Waals surface area (Å²) in [5.74, 6) is 1.04. The molecule has 0 saturated heterocycles. The quantitative estimate of drug-likeness (QED) is 0.718. The molecule has 2 aromatic heterocycles. The Morgan fingerprint density at radius 1 is 1.29 bits per heavy atom. The molecule has 0 bridgehead atoms. The summed E-state index contributed by atoms with van der Waals surface area (Å²) < 4.78 is 2.02. The molecule has 5 nitrogen and oxygen atoms in total. The van der Waals surface area contributed by atoms with E-state index in [1.54, 1.807) is 17.5 Å². The highest BCUT2D eigenvalue weighted by Gasteiger charge is 2.07. The van der Waals surface area contributed by atoms with Crippen molar-refractivity contribution in [2.45, 2.75) is 32.9 Å². The number of carbonyl (C=O) groups excluding carboxylic acids is 1. The van der Waals surface area contributed by atoms with Crippen molar-refractivity contribution < 1.29 is 4.79 Å². The highest BCUT2D eigenvalue weighted by atomic mass is 32.1. The first-order valence-electron chi connectivity index (χ1n) is 8.03. The fraction of sp³-hybridized carbons (Fsp3) is 0.278. The fourth-order valence-electron chi connectivity index (χ4n) is 2.48. The van der Waals surface area contributed by atoms with Crippen molar-refractivity contribution in [3.63, 3.8) is 0 Å². The van der Waals surface area contributed by atoms with E-state index in [2.05, 4.69) is 22.2 Å². The molecular formula is C18H20N4OS. The summed E-state index contributed by atoms with van der Waals surface area (Å²) in [6.45, 7) is 3.19. The van der Waals surface area contributed by atoms with Crippen LogP contribution >= 0.6 is 11.3 Å². The molecule has 0 spiro atoms. The molecule has 3 rings (SSSR count). The summed E-state index contributed by atoms with van der Waals surface area (Å²) in [5.41, 5.74) is 2.05. The molecule has 0 unspecified atom stereocenters. The molecule has 0 aliphatic heterocycles. The summed E-state index contributed by atoms with van der Waals surface area (Å²) in [5, 5.41) is 5.88. The molecule has 0 radical (unpaired) electrons. The van der Waals surface area contributed by atoms with Crippen LogP contribution < -0.4 is 5.32 Å². The Bertz CT molecular complexity index is 794. The van der Waals surface area contributed by atoms with Crippen molar-refractivity contribution in [2.75, 3.05) is 0 Å².